The molecule has 0 saturated carbocycles. The van der Waals surface area contributed by atoms with Crippen molar-refractivity contribution in [2.24, 2.45) is 0 Å². The highest BCUT2D eigenvalue weighted by atomic mass is 32.1. The lowest BCUT2D eigenvalue weighted by Gasteiger charge is -2.26. The second-order valence-electron chi connectivity index (χ2n) is 5.27. The molecule has 2 rings (SSSR count). The Hall–Kier alpha value is -1.14. The first-order chi connectivity index (χ1) is 9.06. The van der Waals surface area contributed by atoms with Crippen molar-refractivity contribution >= 4 is 22.4 Å². The molecule has 1 unspecified atom stereocenters. The molecule has 1 aliphatic rings. The molecule has 1 saturated heterocycles. The van der Waals surface area contributed by atoms with Gasteiger partial charge in [-0.3, -0.25) is 4.79 Å². The molecular formula is C13H21N3O2S. The van der Waals surface area contributed by atoms with Crippen LogP contribution < -0.4 is 4.90 Å². The van der Waals surface area contributed by atoms with E-state index in [9.17, 15) is 4.79 Å². The summed E-state index contributed by atoms with van der Waals surface area (Å²) in [6.45, 7) is 2.11. The zero-order valence-corrected chi connectivity index (χ0v) is 12.3. The third-order valence-electron chi connectivity index (χ3n) is 3.33. The summed E-state index contributed by atoms with van der Waals surface area (Å²) in [5.41, 5.74) is 0.901. The highest BCUT2D eigenvalue weighted by molar-refractivity contribution is 7.13. The molecule has 0 aromatic carbocycles. The van der Waals surface area contributed by atoms with E-state index in [0.29, 0.717) is 12.5 Å². The zero-order valence-electron chi connectivity index (χ0n) is 11.5. The van der Waals surface area contributed by atoms with E-state index in [2.05, 4.69) is 28.9 Å². The molecule has 1 aromatic rings. The highest BCUT2D eigenvalue weighted by Gasteiger charge is 2.27. The van der Waals surface area contributed by atoms with Crippen LogP contribution in [0.5, 0.6) is 0 Å². The minimum atomic E-state index is -0.763. The third-order valence-corrected chi connectivity index (χ3v) is 4.26. The first-order valence-electron chi connectivity index (χ1n) is 6.64. The Bertz CT molecular complexity index is 433. The quantitative estimate of drug-likeness (QED) is 0.861. The minimum Gasteiger partial charge on any atom is -0.481 e. The Balaban J connectivity index is 1.98. The van der Waals surface area contributed by atoms with E-state index in [4.69, 9.17) is 5.11 Å². The summed E-state index contributed by atoms with van der Waals surface area (Å²) in [4.78, 5) is 19.7. The van der Waals surface area contributed by atoms with E-state index >= 15 is 0 Å². The summed E-state index contributed by atoms with van der Waals surface area (Å²) in [6, 6.07) is 0.536. The Kier molecular flexibility index (Phi) is 4.76. The number of aryl methyl sites for hydroxylation is 1. The van der Waals surface area contributed by atoms with Crippen LogP contribution in [0.2, 0.25) is 0 Å². The van der Waals surface area contributed by atoms with Gasteiger partial charge in [-0.25, -0.2) is 4.98 Å². The highest BCUT2D eigenvalue weighted by Crippen LogP contribution is 2.29. The summed E-state index contributed by atoms with van der Waals surface area (Å²) in [7, 11) is 4.19. The molecule has 106 valence electrons. The molecule has 6 heteroatoms. The summed E-state index contributed by atoms with van der Waals surface area (Å²) in [5.74, 6) is -0.763. The number of hydrogen-bond donors (Lipinski definition) is 1. The van der Waals surface area contributed by atoms with Gasteiger partial charge in [0.15, 0.2) is 5.13 Å². The van der Waals surface area contributed by atoms with E-state index < -0.39 is 5.97 Å². The number of thiazole rings is 1. The van der Waals surface area contributed by atoms with E-state index in [1.54, 1.807) is 11.3 Å². The summed E-state index contributed by atoms with van der Waals surface area (Å²) >= 11 is 1.63. The van der Waals surface area contributed by atoms with Crippen LogP contribution in [0, 0.1) is 0 Å². The lowest BCUT2D eigenvalue weighted by molar-refractivity contribution is -0.136. The van der Waals surface area contributed by atoms with Gasteiger partial charge in [0.2, 0.25) is 0 Å². The van der Waals surface area contributed by atoms with Gasteiger partial charge in [-0.05, 0) is 26.9 Å². The minimum absolute atomic E-state index is 0.157. The van der Waals surface area contributed by atoms with Crippen LogP contribution in [0.15, 0.2) is 5.38 Å². The Labute approximate surface area is 117 Å². The molecular weight excluding hydrogens is 262 g/mol. The van der Waals surface area contributed by atoms with Gasteiger partial charge in [0.05, 0.1) is 12.1 Å². The second kappa shape index (κ2) is 6.34. The first kappa shape index (κ1) is 14.3. The number of aliphatic carboxylic acids is 1. The fraction of sp³-hybridized carbons (Fsp3) is 0.692. The van der Waals surface area contributed by atoms with Crippen molar-refractivity contribution in [3.8, 4) is 0 Å². The fourth-order valence-electron chi connectivity index (χ4n) is 2.48. The molecule has 2 heterocycles. The maximum Gasteiger partial charge on any atom is 0.303 e. The Morgan fingerprint density at radius 2 is 2.42 bits per heavy atom. The smallest absolute Gasteiger partial charge is 0.303 e. The van der Waals surface area contributed by atoms with E-state index in [0.717, 1.165) is 23.9 Å². The van der Waals surface area contributed by atoms with Crippen molar-refractivity contribution in [3.05, 3.63) is 11.1 Å². The predicted octanol–water partition coefficient (Wildman–Crippen LogP) is 1.69. The lowest BCUT2D eigenvalue weighted by Crippen LogP contribution is -2.37. The average Bonchev–Trinajstić information content (AvgIpc) is 2.93. The van der Waals surface area contributed by atoms with Crippen LogP contribution in [-0.2, 0) is 11.2 Å². The van der Waals surface area contributed by atoms with Gasteiger partial charge in [0.1, 0.15) is 0 Å². The molecule has 0 aliphatic carbocycles. The van der Waals surface area contributed by atoms with Gasteiger partial charge < -0.3 is 14.9 Å². The molecule has 5 nitrogen and oxygen atoms in total. The van der Waals surface area contributed by atoms with Crippen LogP contribution >= 0.6 is 11.3 Å². The number of carboxylic acids is 1. The monoisotopic (exact) mass is 283 g/mol. The topological polar surface area (TPSA) is 56.7 Å². The number of likely N-dealkylation sites (N-methyl/N-ethyl adjacent to an activating group) is 1. The zero-order chi connectivity index (χ0) is 13.8. The molecule has 1 aliphatic heterocycles. The van der Waals surface area contributed by atoms with Crippen molar-refractivity contribution < 1.29 is 9.90 Å². The van der Waals surface area contributed by atoms with Crippen LogP contribution in [0.25, 0.3) is 0 Å². The van der Waals surface area contributed by atoms with Crippen molar-refractivity contribution in [1.82, 2.24) is 9.88 Å². The van der Waals surface area contributed by atoms with Gasteiger partial charge in [-0.1, -0.05) is 0 Å². The van der Waals surface area contributed by atoms with Crippen LogP contribution in [0.3, 0.4) is 0 Å². The molecule has 0 bridgehead atoms. The SMILES string of the molecule is CN(C)CC1CCCN1c1nc(CCC(=O)O)cs1. The maximum absolute atomic E-state index is 10.6. The van der Waals surface area contributed by atoms with Crippen molar-refractivity contribution in [2.75, 3.05) is 32.1 Å². The largest absolute Gasteiger partial charge is 0.481 e. The van der Waals surface area contributed by atoms with Gasteiger partial charge in [0.25, 0.3) is 0 Å². The molecule has 1 aromatic heterocycles. The maximum atomic E-state index is 10.6. The average molecular weight is 283 g/mol. The number of nitrogens with zero attached hydrogens (tertiary/aromatic N) is 3. The lowest BCUT2D eigenvalue weighted by atomic mass is 10.2. The van der Waals surface area contributed by atoms with Crippen LogP contribution in [0.4, 0.5) is 5.13 Å². The molecule has 0 amide bonds. The molecule has 1 N–H and O–H groups in total. The van der Waals surface area contributed by atoms with Gasteiger partial charge >= 0.3 is 5.97 Å². The standard InChI is InChI=1S/C13H21N3O2S/c1-15(2)8-11-4-3-7-16(11)13-14-10(9-19-13)5-6-12(17)18/h9,11H,3-8H2,1-2H3,(H,17,18). The Morgan fingerprint density at radius 3 is 3.11 bits per heavy atom. The van der Waals surface area contributed by atoms with E-state index in [1.807, 2.05) is 5.38 Å². The van der Waals surface area contributed by atoms with Gasteiger partial charge in [-0.2, -0.15) is 0 Å². The summed E-state index contributed by atoms with van der Waals surface area (Å²) in [5, 5.41) is 11.7. The predicted molar refractivity (Wildman–Crippen MR) is 77.0 cm³/mol. The molecule has 1 fully saturated rings. The molecule has 0 spiro atoms. The molecule has 1 atom stereocenters. The van der Waals surface area contributed by atoms with Gasteiger partial charge in [0, 0.05) is 30.9 Å². The van der Waals surface area contributed by atoms with Gasteiger partial charge in [-0.15, -0.1) is 11.3 Å². The number of carbonyl (C=O) groups is 1. The van der Waals surface area contributed by atoms with Crippen molar-refractivity contribution in [2.45, 2.75) is 31.7 Å². The summed E-state index contributed by atoms with van der Waals surface area (Å²) < 4.78 is 0. The number of aromatic nitrogens is 1. The van der Waals surface area contributed by atoms with Crippen LogP contribution in [-0.4, -0.2) is 54.2 Å². The first-order valence-corrected chi connectivity index (χ1v) is 7.52. The Morgan fingerprint density at radius 1 is 1.63 bits per heavy atom. The second-order valence-corrected chi connectivity index (χ2v) is 6.10. The van der Waals surface area contributed by atoms with E-state index in [1.165, 1.54) is 12.8 Å². The number of anilines is 1. The number of hydrogen-bond acceptors (Lipinski definition) is 5. The van der Waals surface area contributed by atoms with Crippen molar-refractivity contribution in [1.29, 1.82) is 0 Å². The molecule has 0 radical (unpaired) electrons. The van der Waals surface area contributed by atoms with Crippen molar-refractivity contribution in [3.63, 3.8) is 0 Å². The number of carboxylic acid groups (broad SMARTS) is 1. The summed E-state index contributed by atoms with van der Waals surface area (Å²) in [6.07, 6.45) is 3.10. The van der Waals surface area contributed by atoms with E-state index in [-0.39, 0.29) is 6.42 Å². The normalized spacial score (nSPS) is 19.3. The van der Waals surface area contributed by atoms with Crippen LogP contribution in [0.1, 0.15) is 25.0 Å². The third kappa shape index (κ3) is 3.91. The number of rotatable bonds is 6. The molecule has 19 heavy (non-hydrogen) atoms. The fourth-order valence-corrected chi connectivity index (χ4v) is 3.43.